The van der Waals surface area contributed by atoms with Crippen LogP contribution in [0.15, 0.2) is 0 Å². The van der Waals surface area contributed by atoms with Gasteiger partial charge in [0.15, 0.2) is 0 Å². The van der Waals surface area contributed by atoms with Crippen molar-refractivity contribution < 1.29 is 0 Å². The Kier molecular flexibility index (Phi) is 4.01. The normalized spacial score (nSPS) is 21.0. The third-order valence-corrected chi connectivity index (χ3v) is 10.7. The molecule has 0 radical (unpaired) electrons. The van der Waals surface area contributed by atoms with E-state index in [9.17, 15) is 0 Å². The van der Waals surface area contributed by atoms with E-state index in [2.05, 4.69) is 50.7 Å². The highest BCUT2D eigenvalue weighted by molar-refractivity contribution is 6.77. The fraction of sp³-hybridized carbons (Fsp3) is 1.00. The van der Waals surface area contributed by atoms with Crippen LogP contribution in [0.25, 0.3) is 0 Å². The van der Waals surface area contributed by atoms with Crippen LogP contribution in [-0.2, 0) is 0 Å². The molecule has 1 aliphatic heterocycles. The minimum Gasteiger partial charge on any atom is -0.321 e. The van der Waals surface area contributed by atoms with Gasteiger partial charge in [-0.2, -0.15) is 0 Å². The molecule has 0 atom stereocenters. The van der Waals surface area contributed by atoms with Crippen LogP contribution in [-0.4, -0.2) is 39.0 Å². The van der Waals surface area contributed by atoms with E-state index < -0.39 is 8.24 Å². The van der Waals surface area contributed by atoms with Gasteiger partial charge in [0, 0.05) is 26.2 Å². The second-order valence-electron chi connectivity index (χ2n) is 6.17. The molecule has 0 aromatic carbocycles. The van der Waals surface area contributed by atoms with Gasteiger partial charge in [0.05, 0.1) is 0 Å². The average molecular weight is 228 g/mol. The van der Waals surface area contributed by atoms with Gasteiger partial charge in [-0.05, 0) is 11.0 Å². The monoisotopic (exact) mass is 228 g/mol. The molecule has 0 bridgehead atoms. The molecule has 0 aromatic heterocycles. The van der Waals surface area contributed by atoms with E-state index in [-0.39, 0.29) is 0 Å². The van der Waals surface area contributed by atoms with Gasteiger partial charge >= 0.3 is 0 Å². The summed E-state index contributed by atoms with van der Waals surface area (Å²) in [6, 6.07) is 0. The molecule has 0 unspecified atom stereocenters. The first-order valence-electron chi connectivity index (χ1n) is 6.26. The van der Waals surface area contributed by atoms with Crippen LogP contribution in [0.5, 0.6) is 0 Å². The Morgan fingerprint density at radius 3 is 2.00 bits per heavy atom. The summed E-state index contributed by atoms with van der Waals surface area (Å²) in [5, 5.41) is 3.94. The summed E-state index contributed by atoms with van der Waals surface area (Å²) in [5.41, 5.74) is 0. The van der Waals surface area contributed by atoms with Crippen LogP contribution < -0.4 is 5.32 Å². The molecular formula is C12H28N2Si. The molecule has 1 fully saturated rings. The first-order valence-corrected chi connectivity index (χ1v) is 9.20. The van der Waals surface area contributed by atoms with E-state index >= 15 is 0 Å². The molecule has 2 nitrogen and oxygen atoms in total. The largest absolute Gasteiger partial charge is 0.321 e. The SMILES string of the molecule is CC(C)C(C)(C)[Si](C)(C)N1CCNCC1. The van der Waals surface area contributed by atoms with Crippen LogP contribution in [0.4, 0.5) is 0 Å². The van der Waals surface area contributed by atoms with E-state index in [0.717, 1.165) is 5.92 Å². The van der Waals surface area contributed by atoms with Gasteiger partial charge in [0.1, 0.15) is 8.24 Å². The van der Waals surface area contributed by atoms with Gasteiger partial charge in [-0.25, -0.2) is 0 Å². The molecule has 3 heteroatoms. The molecule has 15 heavy (non-hydrogen) atoms. The molecular weight excluding hydrogens is 200 g/mol. The Bertz CT molecular complexity index is 206. The smallest absolute Gasteiger partial charge is 0.128 e. The van der Waals surface area contributed by atoms with Crippen LogP contribution in [0.3, 0.4) is 0 Å². The summed E-state index contributed by atoms with van der Waals surface area (Å²) >= 11 is 0. The van der Waals surface area contributed by atoms with Crippen molar-refractivity contribution in [1.29, 1.82) is 0 Å². The highest BCUT2D eigenvalue weighted by Gasteiger charge is 2.45. The predicted octanol–water partition coefficient (Wildman–Crippen LogP) is 2.53. The zero-order valence-corrected chi connectivity index (χ0v) is 12.4. The lowest BCUT2D eigenvalue weighted by molar-refractivity contribution is 0.322. The van der Waals surface area contributed by atoms with E-state index in [4.69, 9.17) is 0 Å². The first kappa shape index (κ1) is 13.2. The summed E-state index contributed by atoms with van der Waals surface area (Å²) in [6.45, 7) is 19.6. The van der Waals surface area contributed by atoms with Gasteiger partial charge in [-0.15, -0.1) is 0 Å². The lowest BCUT2D eigenvalue weighted by Gasteiger charge is -2.51. The molecule has 1 N–H and O–H groups in total. The average Bonchev–Trinajstić information content (AvgIpc) is 2.18. The molecule has 0 aliphatic carbocycles. The number of rotatable bonds is 3. The molecule has 0 spiro atoms. The summed E-state index contributed by atoms with van der Waals surface area (Å²) < 4.78 is 2.78. The maximum atomic E-state index is 3.45. The highest BCUT2D eigenvalue weighted by Crippen LogP contribution is 2.45. The second-order valence-corrected chi connectivity index (χ2v) is 11.2. The van der Waals surface area contributed by atoms with Crippen molar-refractivity contribution in [2.24, 2.45) is 5.92 Å². The molecule has 1 saturated heterocycles. The van der Waals surface area contributed by atoms with Gasteiger partial charge in [-0.3, -0.25) is 0 Å². The van der Waals surface area contributed by atoms with Crippen molar-refractivity contribution in [1.82, 2.24) is 9.88 Å². The maximum Gasteiger partial charge on any atom is 0.128 e. The number of hydrogen-bond donors (Lipinski definition) is 1. The molecule has 0 aromatic rings. The second kappa shape index (κ2) is 4.56. The summed E-state index contributed by atoms with van der Waals surface area (Å²) in [5.74, 6) is 0.772. The fourth-order valence-electron chi connectivity index (χ4n) is 2.34. The van der Waals surface area contributed by atoms with E-state index in [1.165, 1.54) is 26.2 Å². The van der Waals surface area contributed by atoms with E-state index in [1.54, 1.807) is 0 Å². The van der Waals surface area contributed by atoms with Crippen LogP contribution >= 0.6 is 0 Å². The Morgan fingerprint density at radius 1 is 1.13 bits per heavy atom. The van der Waals surface area contributed by atoms with E-state index in [1.807, 2.05) is 0 Å². The zero-order valence-electron chi connectivity index (χ0n) is 11.4. The molecule has 1 rings (SSSR count). The van der Waals surface area contributed by atoms with Crippen molar-refractivity contribution >= 4 is 8.24 Å². The van der Waals surface area contributed by atoms with Gasteiger partial charge in [0.25, 0.3) is 0 Å². The number of nitrogens with zero attached hydrogens (tertiary/aromatic N) is 1. The zero-order chi connectivity index (χ0) is 11.7. The number of piperazine rings is 1. The molecule has 1 aliphatic rings. The first-order chi connectivity index (χ1) is 6.80. The minimum absolute atomic E-state index is 0.490. The molecule has 1 heterocycles. The van der Waals surface area contributed by atoms with Crippen LogP contribution in [0, 0.1) is 5.92 Å². The van der Waals surface area contributed by atoms with Crippen molar-refractivity contribution in [3.8, 4) is 0 Å². The molecule has 0 amide bonds. The predicted molar refractivity (Wildman–Crippen MR) is 70.8 cm³/mol. The number of nitrogens with one attached hydrogen (secondary N) is 1. The fourth-order valence-corrected chi connectivity index (χ4v) is 5.91. The Hall–Kier alpha value is 0.137. The van der Waals surface area contributed by atoms with Crippen molar-refractivity contribution in [3.05, 3.63) is 0 Å². The third-order valence-electron chi connectivity index (χ3n) is 4.93. The lowest BCUT2D eigenvalue weighted by atomic mass is 9.99. The van der Waals surface area contributed by atoms with Gasteiger partial charge < -0.3 is 9.88 Å². The van der Waals surface area contributed by atoms with Crippen molar-refractivity contribution in [2.75, 3.05) is 26.2 Å². The van der Waals surface area contributed by atoms with Crippen LogP contribution in [0.1, 0.15) is 27.7 Å². The molecule has 0 saturated carbocycles. The Labute approximate surface area is 96.5 Å². The Morgan fingerprint density at radius 2 is 1.60 bits per heavy atom. The van der Waals surface area contributed by atoms with Crippen LogP contribution in [0.2, 0.25) is 18.1 Å². The number of hydrogen-bond acceptors (Lipinski definition) is 2. The minimum atomic E-state index is -1.30. The third kappa shape index (κ3) is 2.45. The quantitative estimate of drug-likeness (QED) is 0.747. The van der Waals surface area contributed by atoms with Crippen molar-refractivity contribution in [3.63, 3.8) is 0 Å². The Balaban J connectivity index is 2.79. The summed E-state index contributed by atoms with van der Waals surface area (Å²) in [7, 11) is -1.30. The summed E-state index contributed by atoms with van der Waals surface area (Å²) in [4.78, 5) is 0. The van der Waals surface area contributed by atoms with Crippen molar-refractivity contribution in [2.45, 2.75) is 45.8 Å². The summed E-state index contributed by atoms with van der Waals surface area (Å²) in [6.07, 6.45) is 0. The topological polar surface area (TPSA) is 15.3 Å². The standard InChI is InChI=1S/C12H28N2Si/c1-11(2)12(3,4)15(5,6)14-9-7-13-8-10-14/h11,13H,7-10H2,1-6H3. The van der Waals surface area contributed by atoms with Gasteiger partial charge in [0.2, 0.25) is 0 Å². The highest BCUT2D eigenvalue weighted by atomic mass is 28.3. The van der Waals surface area contributed by atoms with E-state index in [0.29, 0.717) is 5.04 Å². The molecule has 90 valence electrons. The van der Waals surface area contributed by atoms with Gasteiger partial charge in [-0.1, -0.05) is 40.8 Å². The maximum absolute atomic E-state index is 3.45. The lowest BCUT2D eigenvalue weighted by Crippen LogP contribution is -2.62.